The molecule has 0 saturated heterocycles. The minimum atomic E-state index is -0.466. The summed E-state index contributed by atoms with van der Waals surface area (Å²) in [7, 11) is 1.31. The molecule has 4 nitrogen and oxygen atoms in total. The number of amides is 1. The summed E-state index contributed by atoms with van der Waals surface area (Å²) in [5.41, 5.74) is 0.908. The molecule has 0 fully saturated rings. The summed E-state index contributed by atoms with van der Waals surface area (Å²) in [5, 5.41) is 0. The Bertz CT molecular complexity index is 465. The van der Waals surface area contributed by atoms with E-state index in [0.29, 0.717) is 24.2 Å². The zero-order chi connectivity index (χ0) is 12.3. The number of rotatable bonds is 2. The van der Waals surface area contributed by atoms with E-state index >= 15 is 0 Å². The van der Waals surface area contributed by atoms with Crippen molar-refractivity contribution in [1.29, 1.82) is 0 Å². The van der Waals surface area contributed by atoms with E-state index in [-0.39, 0.29) is 5.91 Å². The zero-order valence-corrected chi connectivity index (χ0v) is 9.55. The van der Waals surface area contributed by atoms with E-state index in [1.54, 1.807) is 30.3 Å². The summed E-state index contributed by atoms with van der Waals surface area (Å²) in [6, 6.07) is 8.90. The van der Waals surface area contributed by atoms with E-state index in [9.17, 15) is 9.59 Å². The number of hydrogen-bond acceptors (Lipinski definition) is 3. The van der Waals surface area contributed by atoms with Crippen LogP contribution in [0, 0.1) is 0 Å². The number of hydrogen-bond donors (Lipinski definition) is 0. The van der Waals surface area contributed by atoms with Gasteiger partial charge < -0.3 is 9.64 Å². The normalized spacial score (nSPS) is 14.4. The van der Waals surface area contributed by atoms with Crippen LogP contribution in [-0.2, 0) is 9.53 Å². The van der Waals surface area contributed by atoms with Crippen LogP contribution < -0.4 is 0 Å². The maximum absolute atomic E-state index is 12.2. The highest BCUT2D eigenvalue weighted by Crippen LogP contribution is 2.19. The molecule has 1 aliphatic heterocycles. The molecule has 17 heavy (non-hydrogen) atoms. The van der Waals surface area contributed by atoms with Crippen molar-refractivity contribution in [3.8, 4) is 0 Å². The standard InChI is InChI=1S/C13H13NO3/c1-17-13(16)11-8-5-9-14(11)12(15)10-6-3-2-4-7-10/h2-4,6-8H,5,9H2,1H3. The van der Waals surface area contributed by atoms with Gasteiger partial charge in [-0.2, -0.15) is 0 Å². The fourth-order valence-electron chi connectivity index (χ4n) is 1.81. The molecule has 1 heterocycles. The van der Waals surface area contributed by atoms with Gasteiger partial charge in [-0.1, -0.05) is 24.3 Å². The number of ether oxygens (including phenoxy) is 1. The quantitative estimate of drug-likeness (QED) is 0.726. The Morgan fingerprint density at radius 1 is 1.24 bits per heavy atom. The Labute approximate surface area is 99.5 Å². The van der Waals surface area contributed by atoms with Gasteiger partial charge in [-0.15, -0.1) is 0 Å². The monoisotopic (exact) mass is 231 g/mol. The largest absolute Gasteiger partial charge is 0.464 e. The molecule has 88 valence electrons. The van der Waals surface area contributed by atoms with Crippen LogP contribution in [0.5, 0.6) is 0 Å². The van der Waals surface area contributed by atoms with E-state index in [4.69, 9.17) is 0 Å². The van der Waals surface area contributed by atoms with Crippen LogP contribution >= 0.6 is 0 Å². The molecule has 0 saturated carbocycles. The van der Waals surface area contributed by atoms with Gasteiger partial charge in [-0.3, -0.25) is 4.79 Å². The summed E-state index contributed by atoms with van der Waals surface area (Å²) in [5.74, 6) is -0.633. The topological polar surface area (TPSA) is 46.6 Å². The molecule has 0 bridgehead atoms. The summed E-state index contributed by atoms with van der Waals surface area (Å²) >= 11 is 0. The van der Waals surface area contributed by atoms with E-state index in [0.717, 1.165) is 0 Å². The van der Waals surface area contributed by atoms with E-state index in [2.05, 4.69) is 4.74 Å². The number of esters is 1. The molecule has 1 amide bonds. The first-order chi connectivity index (χ1) is 8.24. The predicted molar refractivity (Wildman–Crippen MR) is 62.2 cm³/mol. The van der Waals surface area contributed by atoms with Crippen LogP contribution in [0.1, 0.15) is 16.8 Å². The average molecular weight is 231 g/mol. The summed E-state index contributed by atoms with van der Waals surface area (Å²) in [6.07, 6.45) is 2.41. The summed E-state index contributed by atoms with van der Waals surface area (Å²) in [6.45, 7) is 0.526. The Morgan fingerprint density at radius 2 is 1.94 bits per heavy atom. The van der Waals surface area contributed by atoms with Crippen LogP contribution in [-0.4, -0.2) is 30.4 Å². The molecule has 0 aromatic heterocycles. The molecule has 1 aromatic carbocycles. The van der Waals surface area contributed by atoms with Crippen molar-refractivity contribution >= 4 is 11.9 Å². The van der Waals surface area contributed by atoms with Gasteiger partial charge in [0, 0.05) is 12.1 Å². The molecule has 0 spiro atoms. The molecule has 0 N–H and O–H groups in total. The van der Waals surface area contributed by atoms with Crippen molar-refractivity contribution in [3.05, 3.63) is 47.7 Å². The first kappa shape index (κ1) is 11.4. The second-order valence-electron chi connectivity index (χ2n) is 3.69. The van der Waals surface area contributed by atoms with Gasteiger partial charge >= 0.3 is 5.97 Å². The Balaban J connectivity index is 2.21. The third-order valence-electron chi connectivity index (χ3n) is 2.64. The Kier molecular flexibility index (Phi) is 3.23. The van der Waals surface area contributed by atoms with E-state index < -0.39 is 5.97 Å². The van der Waals surface area contributed by atoms with Crippen LogP contribution in [0.25, 0.3) is 0 Å². The highest BCUT2D eigenvalue weighted by Gasteiger charge is 2.28. The third-order valence-corrected chi connectivity index (χ3v) is 2.64. The highest BCUT2D eigenvalue weighted by molar-refractivity contribution is 6.01. The van der Waals surface area contributed by atoms with Crippen molar-refractivity contribution < 1.29 is 14.3 Å². The van der Waals surface area contributed by atoms with Crippen molar-refractivity contribution in [1.82, 2.24) is 4.90 Å². The lowest BCUT2D eigenvalue weighted by atomic mass is 10.2. The lowest BCUT2D eigenvalue weighted by Gasteiger charge is -2.18. The van der Waals surface area contributed by atoms with E-state index in [1.165, 1.54) is 12.0 Å². The van der Waals surface area contributed by atoms with Crippen molar-refractivity contribution in [2.75, 3.05) is 13.7 Å². The van der Waals surface area contributed by atoms with Gasteiger partial charge in [0.2, 0.25) is 0 Å². The average Bonchev–Trinajstić information content (AvgIpc) is 2.87. The predicted octanol–water partition coefficient (Wildman–Crippen LogP) is 1.59. The van der Waals surface area contributed by atoms with Gasteiger partial charge in [-0.25, -0.2) is 4.79 Å². The van der Waals surface area contributed by atoms with Gasteiger partial charge in [0.15, 0.2) is 0 Å². The summed E-state index contributed by atoms with van der Waals surface area (Å²) < 4.78 is 4.65. The fourth-order valence-corrected chi connectivity index (χ4v) is 1.81. The molecule has 4 heteroatoms. The van der Waals surface area contributed by atoms with Crippen molar-refractivity contribution in [2.24, 2.45) is 0 Å². The van der Waals surface area contributed by atoms with Crippen molar-refractivity contribution in [3.63, 3.8) is 0 Å². The lowest BCUT2D eigenvalue weighted by Crippen LogP contribution is -2.31. The minimum Gasteiger partial charge on any atom is -0.464 e. The summed E-state index contributed by atoms with van der Waals surface area (Å²) in [4.78, 5) is 25.1. The molecule has 0 aliphatic carbocycles. The highest BCUT2D eigenvalue weighted by atomic mass is 16.5. The van der Waals surface area contributed by atoms with Gasteiger partial charge in [0.1, 0.15) is 5.70 Å². The number of carbonyl (C=O) groups is 2. The van der Waals surface area contributed by atoms with Gasteiger partial charge in [0.25, 0.3) is 5.91 Å². The van der Waals surface area contributed by atoms with Crippen LogP contribution in [0.4, 0.5) is 0 Å². The molecular formula is C13H13NO3. The number of carbonyl (C=O) groups excluding carboxylic acids is 2. The van der Waals surface area contributed by atoms with Crippen LogP contribution in [0.15, 0.2) is 42.1 Å². The number of methoxy groups -OCH3 is 1. The van der Waals surface area contributed by atoms with Gasteiger partial charge in [-0.05, 0) is 18.6 Å². The molecule has 2 rings (SSSR count). The Hall–Kier alpha value is -2.10. The van der Waals surface area contributed by atoms with Gasteiger partial charge in [0.05, 0.1) is 7.11 Å². The first-order valence-electron chi connectivity index (χ1n) is 5.39. The molecule has 0 atom stereocenters. The molecule has 1 aromatic rings. The zero-order valence-electron chi connectivity index (χ0n) is 9.55. The van der Waals surface area contributed by atoms with Crippen LogP contribution in [0.3, 0.4) is 0 Å². The van der Waals surface area contributed by atoms with Crippen molar-refractivity contribution in [2.45, 2.75) is 6.42 Å². The maximum Gasteiger partial charge on any atom is 0.354 e. The Morgan fingerprint density at radius 3 is 2.59 bits per heavy atom. The number of benzene rings is 1. The second-order valence-corrected chi connectivity index (χ2v) is 3.69. The molecular weight excluding hydrogens is 218 g/mol. The lowest BCUT2D eigenvalue weighted by molar-refractivity contribution is -0.137. The second kappa shape index (κ2) is 4.82. The van der Waals surface area contributed by atoms with Crippen LogP contribution in [0.2, 0.25) is 0 Å². The molecule has 1 aliphatic rings. The molecule has 0 unspecified atom stereocenters. The smallest absolute Gasteiger partial charge is 0.354 e. The maximum atomic E-state index is 12.2. The third kappa shape index (κ3) is 2.20. The SMILES string of the molecule is COC(=O)C1=CCCN1C(=O)c1ccccc1. The van der Waals surface area contributed by atoms with E-state index in [1.807, 2.05) is 6.07 Å². The first-order valence-corrected chi connectivity index (χ1v) is 5.39. The number of nitrogens with zero attached hydrogens (tertiary/aromatic N) is 1. The fraction of sp³-hybridized carbons (Fsp3) is 0.231. The minimum absolute atomic E-state index is 0.167. The molecule has 0 radical (unpaired) electrons.